The molecular weight excluding hydrogens is 253 g/mol. The van der Waals surface area contributed by atoms with Crippen LogP contribution >= 0.6 is 0 Å². The van der Waals surface area contributed by atoms with Gasteiger partial charge in [0.2, 0.25) is 0 Å². The summed E-state index contributed by atoms with van der Waals surface area (Å²) in [6.07, 6.45) is 1.84. The van der Waals surface area contributed by atoms with Crippen molar-refractivity contribution in [1.29, 1.82) is 0 Å². The first-order chi connectivity index (χ1) is 9.68. The van der Waals surface area contributed by atoms with Crippen LogP contribution in [0.4, 0.5) is 4.39 Å². The highest BCUT2D eigenvalue weighted by atomic mass is 19.1. The van der Waals surface area contributed by atoms with E-state index in [0.29, 0.717) is 17.9 Å². The summed E-state index contributed by atoms with van der Waals surface area (Å²) in [6, 6.07) is 14.7. The van der Waals surface area contributed by atoms with Gasteiger partial charge >= 0.3 is 0 Å². The Balaban J connectivity index is 1.90. The van der Waals surface area contributed by atoms with Gasteiger partial charge in [0.1, 0.15) is 11.6 Å². The van der Waals surface area contributed by atoms with Crippen molar-refractivity contribution < 1.29 is 9.13 Å². The summed E-state index contributed by atoms with van der Waals surface area (Å²) >= 11 is 0. The summed E-state index contributed by atoms with van der Waals surface area (Å²) in [4.78, 5) is 0. The van der Waals surface area contributed by atoms with Crippen LogP contribution < -0.4 is 10.5 Å². The Hall–Kier alpha value is -1.87. The Kier molecular flexibility index (Phi) is 5.13. The zero-order valence-corrected chi connectivity index (χ0v) is 11.7. The van der Waals surface area contributed by atoms with Crippen LogP contribution in [0.3, 0.4) is 0 Å². The van der Waals surface area contributed by atoms with E-state index in [1.54, 1.807) is 19.1 Å². The summed E-state index contributed by atoms with van der Waals surface area (Å²) < 4.78 is 19.4. The summed E-state index contributed by atoms with van der Waals surface area (Å²) in [5, 5.41) is 0. The van der Waals surface area contributed by atoms with Gasteiger partial charge in [0.05, 0.1) is 6.61 Å². The first kappa shape index (κ1) is 14.5. The van der Waals surface area contributed by atoms with Crippen molar-refractivity contribution in [3.63, 3.8) is 0 Å². The number of benzene rings is 2. The number of rotatable bonds is 6. The largest absolute Gasteiger partial charge is 0.493 e. The molecule has 0 fully saturated rings. The number of ether oxygens (including phenoxy) is 1. The van der Waals surface area contributed by atoms with Crippen LogP contribution in [-0.2, 0) is 6.42 Å². The second-order valence-electron chi connectivity index (χ2n) is 4.88. The lowest BCUT2D eigenvalue weighted by Crippen LogP contribution is -2.11. The third-order valence-corrected chi connectivity index (χ3v) is 3.18. The van der Waals surface area contributed by atoms with Crippen LogP contribution in [0.2, 0.25) is 0 Å². The van der Waals surface area contributed by atoms with Gasteiger partial charge in [-0.1, -0.05) is 36.4 Å². The topological polar surface area (TPSA) is 35.2 Å². The molecule has 0 aliphatic rings. The monoisotopic (exact) mass is 273 g/mol. The highest BCUT2D eigenvalue weighted by molar-refractivity contribution is 5.36. The van der Waals surface area contributed by atoms with Crippen molar-refractivity contribution in [3.8, 4) is 5.75 Å². The predicted molar refractivity (Wildman–Crippen MR) is 79.3 cm³/mol. The number of hydrogen-bond acceptors (Lipinski definition) is 2. The van der Waals surface area contributed by atoms with Gasteiger partial charge in [0, 0.05) is 11.6 Å². The van der Waals surface area contributed by atoms with E-state index in [1.807, 2.05) is 18.2 Å². The third-order valence-electron chi connectivity index (χ3n) is 3.18. The first-order valence-electron chi connectivity index (χ1n) is 6.89. The average Bonchev–Trinajstić information content (AvgIpc) is 2.44. The van der Waals surface area contributed by atoms with E-state index in [9.17, 15) is 4.39 Å². The van der Waals surface area contributed by atoms with E-state index in [-0.39, 0.29) is 11.9 Å². The molecule has 2 rings (SSSR count). The Morgan fingerprint density at radius 3 is 2.55 bits per heavy atom. The molecule has 0 saturated heterocycles. The second kappa shape index (κ2) is 7.06. The molecule has 0 saturated carbocycles. The fourth-order valence-electron chi connectivity index (χ4n) is 2.19. The SMILES string of the molecule is CC(N)c1c(F)cccc1OCCCc1ccccc1. The zero-order valence-electron chi connectivity index (χ0n) is 11.7. The Bertz CT molecular complexity index is 540. The smallest absolute Gasteiger partial charge is 0.131 e. The Labute approximate surface area is 119 Å². The van der Waals surface area contributed by atoms with E-state index in [4.69, 9.17) is 10.5 Å². The van der Waals surface area contributed by atoms with Crippen LogP contribution in [-0.4, -0.2) is 6.61 Å². The minimum atomic E-state index is -0.375. The van der Waals surface area contributed by atoms with E-state index >= 15 is 0 Å². The van der Waals surface area contributed by atoms with Gasteiger partial charge in [-0.25, -0.2) is 4.39 Å². The van der Waals surface area contributed by atoms with Gasteiger partial charge in [-0.3, -0.25) is 0 Å². The highest BCUT2D eigenvalue weighted by Gasteiger charge is 2.13. The molecule has 2 nitrogen and oxygen atoms in total. The van der Waals surface area contributed by atoms with Crippen molar-refractivity contribution in [3.05, 3.63) is 65.5 Å². The van der Waals surface area contributed by atoms with Gasteiger partial charge in [-0.15, -0.1) is 0 Å². The zero-order chi connectivity index (χ0) is 14.4. The molecule has 2 aromatic rings. The number of nitrogens with two attached hydrogens (primary N) is 1. The molecule has 1 unspecified atom stereocenters. The first-order valence-corrected chi connectivity index (χ1v) is 6.89. The summed E-state index contributed by atoms with van der Waals surface area (Å²) in [5.41, 5.74) is 7.52. The van der Waals surface area contributed by atoms with Crippen LogP contribution in [0, 0.1) is 5.82 Å². The van der Waals surface area contributed by atoms with Gasteiger partial charge < -0.3 is 10.5 Å². The fraction of sp³-hybridized carbons (Fsp3) is 0.294. The van der Waals surface area contributed by atoms with E-state index < -0.39 is 0 Å². The van der Waals surface area contributed by atoms with Crippen molar-refractivity contribution in [1.82, 2.24) is 0 Å². The molecule has 0 heterocycles. The summed E-state index contributed by atoms with van der Waals surface area (Å²) in [6.45, 7) is 2.31. The second-order valence-corrected chi connectivity index (χ2v) is 4.88. The van der Waals surface area contributed by atoms with Crippen LogP contribution in [0.15, 0.2) is 48.5 Å². The predicted octanol–water partition coefficient (Wildman–Crippen LogP) is 3.86. The molecule has 3 heteroatoms. The molecule has 2 aromatic carbocycles. The maximum absolute atomic E-state index is 13.7. The Morgan fingerprint density at radius 1 is 1.10 bits per heavy atom. The van der Waals surface area contributed by atoms with Crippen LogP contribution in [0.5, 0.6) is 5.75 Å². The number of aryl methyl sites for hydroxylation is 1. The number of halogens is 1. The maximum atomic E-state index is 13.7. The van der Waals surface area contributed by atoms with Crippen molar-refractivity contribution in [2.75, 3.05) is 6.61 Å². The molecule has 20 heavy (non-hydrogen) atoms. The molecule has 106 valence electrons. The van der Waals surface area contributed by atoms with Crippen LogP contribution in [0.1, 0.15) is 30.5 Å². The molecule has 0 radical (unpaired) electrons. The third kappa shape index (κ3) is 3.81. The van der Waals surface area contributed by atoms with Gasteiger partial charge in [-0.2, -0.15) is 0 Å². The highest BCUT2D eigenvalue weighted by Crippen LogP contribution is 2.26. The molecule has 1 atom stereocenters. The van der Waals surface area contributed by atoms with Crippen molar-refractivity contribution in [2.24, 2.45) is 5.73 Å². The quantitative estimate of drug-likeness (QED) is 0.811. The maximum Gasteiger partial charge on any atom is 0.131 e. The molecular formula is C17H20FNO. The molecule has 0 aliphatic carbocycles. The normalized spacial score (nSPS) is 12.2. The average molecular weight is 273 g/mol. The van der Waals surface area contributed by atoms with Gasteiger partial charge in [0.25, 0.3) is 0 Å². The molecule has 0 aromatic heterocycles. The van der Waals surface area contributed by atoms with Gasteiger partial charge in [-0.05, 0) is 37.5 Å². The minimum Gasteiger partial charge on any atom is -0.493 e. The lowest BCUT2D eigenvalue weighted by Gasteiger charge is -2.14. The van der Waals surface area contributed by atoms with Crippen LogP contribution in [0.25, 0.3) is 0 Å². The van der Waals surface area contributed by atoms with E-state index in [2.05, 4.69) is 12.1 Å². The number of hydrogen-bond donors (Lipinski definition) is 1. The van der Waals surface area contributed by atoms with Crippen molar-refractivity contribution >= 4 is 0 Å². The molecule has 0 bridgehead atoms. The fourth-order valence-corrected chi connectivity index (χ4v) is 2.19. The summed E-state index contributed by atoms with van der Waals surface area (Å²) in [7, 11) is 0. The lowest BCUT2D eigenvalue weighted by atomic mass is 10.1. The molecule has 0 amide bonds. The van der Waals surface area contributed by atoms with E-state index in [1.165, 1.54) is 11.6 Å². The van der Waals surface area contributed by atoms with Crippen molar-refractivity contribution in [2.45, 2.75) is 25.8 Å². The summed E-state index contributed by atoms with van der Waals surface area (Å²) in [5.74, 6) is 0.244. The standard InChI is InChI=1S/C17H20FNO/c1-13(19)17-15(18)10-5-11-16(17)20-12-6-9-14-7-3-2-4-8-14/h2-5,7-8,10-11,13H,6,9,12,19H2,1H3. The minimum absolute atomic E-state index is 0.305. The molecule has 2 N–H and O–H groups in total. The molecule has 0 spiro atoms. The van der Waals surface area contributed by atoms with Gasteiger partial charge in [0.15, 0.2) is 0 Å². The molecule has 0 aliphatic heterocycles. The lowest BCUT2D eigenvalue weighted by molar-refractivity contribution is 0.304. The Morgan fingerprint density at radius 2 is 1.85 bits per heavy atom. The van der Waals surface area contributed by atoms with E-state index in [0.717, 1.165) is 12.8 Å².